The second kappa shape index (κ2) is 2.58. The maximum absolute atomic E-state index is 9.08. The van der Waals surface area contributed by atoms with Gasteiger partial charge in [0.1, 0.15) is 0 Å². The molecule has 0 fully saturated rings. The smallest absolute Gasteiger partial charge is 0.0916 e. The topological polar surface area (TPSA) is 57.2 Å². The van der Waals surface area contributed by atoms with Crippen LogP contribution in [0.3, 0.4) is 0 Å². The predicted molar refractivity (Wildman–Crippen MR) is 15.6 cm³/mol. The van der Waals surface area contributed by atoms with Crippen molar-refractivity contribution in [3.63, 3.8) is 0 Å². The van der Waals surface area contributed by atoms with Crippen LogP contribution in [0.2, 0.25) is 0 Å². The second-order valence-corrected chi connectivity index (χ2v) is 2.11. The molecule has 0 atom stereocenters. The van der Waals surface area contributed by atoms with Gasteiger partial charge in [-0.25, -0.2) is 8.42 Å². The van der Waals surface area contributed by atoms with E-state index >= 15 is 0 Å². The normalized spacial score (nSPS) is 9.67. The summed E-state index contributed by atoms with van der Waals surface area (Å²) in [6.45, 7) is 0. The molecule has 0 amide bonds. The van der Waals surface area contributed by atoms with Crippen LogP contribution >= 0.6 is 0 Å². The zero-order valence-corrected chi connectivity index (χ0v) is 4.69. The molecule has 6 heavy (non-hydrogen) atoms. The largest absolute Gasteiger partial charge is 0.748 e. The van der Waals surface area contributed by atoms with Crippen LogP contribution in [-0.4, -0.2) is 19.2 Å². The molecule has 0 aromatic rings. The fourth-order valence-electron chi connectivity index (χ4n) is 0. The molecule has 0 saturated carbocycles. The van der Waals surface area contributed by atoms with Crippen molar-refractivity contribution in [2.75, 3.05) is 6.26 Å². The van der Waals surface area contributed by atoms with Crippen molar-refractivity contribution in [2.24, 2.45) is 0 Å². The maximum Gasteiger partial charge on any atom is 0.0916 e. The molecule has 0 aliphatic heterocycles. The standard InChI is InChI=1S/CH4O3S.Cu/c1-5(2,3)4;/h1H3,(H,2,3,4);/p-1. The number of hydrogen-bond donors (Lipinski definition) is 0. The van der Waals surface area contributed by atoms with E-state index in [1.54, 1.807) is 0 Å². The van der Waals surface area contributed by atoms with E-state index in [9.17, 15) is 0 Å². The van der Waals surface area contributed by atoms with Gasteiger partial charge < -0.3 is 4.55 Å². The van der Waals surface area contributed by atoms with Gasteiger partial charge in [0.15, 0.2) is 0 Å². The third kappa shape index (κ3) is 282. The van der Waals surface area contributed by atoms with Crippen LogP contribution in [0.4, 0.5) is 0 Å². The van der Waals surface area contributed by atoms with Gasteiger partial charge in [-0.05, 0) is 0 Å². The molecule has 0 unspecified atom stereocenters. The van der Waals surface area contributed by atoms with Crippen molar-refractivity contribution in [1.82, 2.24) is 0 Å². The van der Waals surface area contributed by atoms with Gasteiger partial charge in [0.05, 0.1) is 10.1 Å². The Morgan fingerprint density at radius 2 is 1.50 bits per heavy atom. The summed E-state index contributed by atoms with van der Waals surface area (Å²) in [4.78, 5) is 0. The summed E-state index contributed by atoms with van der Waals surface area (Å²) in [5, 5.41) is 0. The summed E-state index contributed by atoms with van der Waals surface area (Å²) in [7, 11) is -3.92. The van der Waals surface area contributed by atoms with E-state index in [2.05, 4.69) is 0 Å². The van der Waals surface area contributed by atoms with Gasteiger partial charge in [-0.15, -0.1) is 0 Å². The van der Waals surface area contributed by atoms with Crippen molar-refractivity contribution in [3.8, 4) is 0 Å². The molecular formula is CH3CuO3S-. The van der Waals surface area contributed by atoms with Crippen molar-refractivity contribution in [2.45, 2.75) is 0 Å². The Kier molecular flexibility index (Phi) is 4.15. The van der Waals surface area contributed by atoms with Crippen LogP contribution < -0.4 is 0 Å². The van der Waals surface area contributed by atoms with Gasteiger partial charge >= 0.3 is 0 Å². The van der Waals surface area contributed by atoms with Gasteiger partial charge in [-0.1, -0.05) is 0 Å². The van der Waals surface area contributed by atoms with Crippen molar-refractivity contribution in [3.05, 3.63) is 0 Å². The Balaban J connectivity index is 0. The fourth-order valence-corrected chi connectivity index (χ4v) is 0. The molecule has 0 saturated heterocycles. The minimum absolute atomic E-state index is 0. The quantitative estimate of drug-likeness (QED) is 0.341. The molecule has 0 aromatic heterocycles. The molecule has 0 rings (SSSR count). The Morgan fingerprint density at radius 1 is 1.50 bits per heavy atom. The van der Waals surface area contributed by atoms with Crippen molar-refractivity contribution >= 4 is 10.1 Å². The van der Waals surface area contributed by atoms with E-state index in [0.717, 1.165) is 0 Å². The molecule has 0 aliphatic rings. The minimum atomic E-state index is -3.92. The summed E-state index contributed by atoms with van der Waals surface area (Å²) in [5.41, 5.74) is 0. The Hall–Kier alpha value is 0.429. The monoisotopic (exact) mass is 158 g/mol. The third-order valence-electron chi connectivity index (χ3n) is 0. The summed E-state index contributed by atoms with van der Waals surface area (Å²) < 4.78 is 27.2. The molecule has 1 radical (unpaired) electrons. The number of rotatable bonds is 0. The van der Waals surface area contributed by atoms with E-state index < -0.39 is 10.1 Å². The van der Waals surface area contributed by atoms with Gasteiger partial charge in [-0.2, -0.15) is 0 Å². The zero-order valence-electron chi connectivity index (χ0n) is 2.93. The molecule has 0 heterocycles. The first-order valence-electron chi connectivity index (χ1n) is 0.908. The summed E-state index contributed by atoms with van der Waals surface area (Å²) >= 11 is 0. The van der Waals surface area contributed by atoms with Crippen LogP contribution in [0.15, 0.2) is 0 Å². The Labute approximate surface area is 47.0 Å². The third-order valence-corrected chi connectivity index (χ3v) is 0. The van der Waals surface area contributed by atoms with Gasteiger partial charge in [0.25, 0.3) is 0 Å². The zero-order chi connectivity index (χ0) is 4.50. The first kappa shape index (κ1) is 9.66. The van der Waals surface area contributed by atoms with Crippen LogP contribution in [-0.2, 0) is 27.2 Å². The number of hydrogen-bond acceptors (Lipinski definition) is 3. The Bertz CT molecular complexity index is 94.0. The molecule has 0 aromatic carbocycles. The first-order valence-corrected chi connectivity index (χ1v) is 2.72. The van der Waals surface area contributed by atoms with E-state index in [1.807, 2.05) is 0 Å². The van der Waals surface area contributed by atoms with Crippen LogP contribution in [0.5, 0.6) is 0 Å². The molecule has 0 bridgehead atoms. The SMILES string of the molecule is CS(=O)(=O)[O-].[Cu]. The minimum Gasteiger partial charge on any atom is -0.748 e. The predicted octanol–water partition coefficient (Wildman–Crippen LogP) is -0.841. The van der Waals surface area contributed by atoms with E-state index in [4.69, 9.17) is 13.0 Å². The average Bonchev–Trinajstić information content (AvgIpc) is 0.722. The van der Waals surface area contributed by atoms with Crippen LogP contribution in [0, 0.1) is 0 Å². The summed E-state index contributed by atoms with van der Waals surface area (Å²) in [6.07, 6.45) is 0.604. The van der Waals surface area contributed by atoms with Crippen molar-refractivity contribution in [1.29, 1.82) is 0 Å². The summed E-state index contributed by atoms with van der Waals surface area (Å²) in [6, 6.07) is 0. The van der Waals surface area contributed by atoms with Gasteiger partial charge in [0, 0.05) is 23.3 Å². The van der Waals surface area contributed by atoms with Gasteiger partial charge in [-0.3, -0.25) is 0 Å². The van der Waals surface area contributed by atoms with Crippen LogP contribution in [0.25, 0.3) is 0 Å². The van der Waals surface area contributed by atoms with Gasteiger partial charge in [0.2, 0.25) is 0 Å². The molecule has 0 N–H and O–H groups in total. The maximum atomic E-state index is 9.08. The van der Waals surface area contributed by atoms with E-state index in [-0.39, 0.29) is 17.1 Å². The molecule has 3 nitrogen and oxygen atoms in total. The fraction of sp³-hybridized carbons (Fsp3) is 1.00. The molecule has 0 spiro atoms. The van der Waals surface area contributed by atoms with Crippen LogP contribution in [0.1, 0.15) is 0 Å². The van der Waals surface area contributed by atoms with E-state index in [1.165, 1.54) is 0 Å². The Morgan fingerprint density at radius 3 is 1.50 bits per heavy atom. The molecule has 5 heteroatoms. The van der Waals surface area contributed by atoms with Crippen molar-refractivity contribution < 1.29 is 30.0 Å². The van der Waals surface area contributed by atoms with E-state index in [0.29, 0.717) is 6.26 Å². The summed E-state index contributed by atoms with van der Waals surface area (Å²) in [5.74, 6) is 0. The average molecular weight is 159 g/mol. The molecule has 43 valence electrons. The first-order chi connectivity index (χ1) is 2.00. The molecule has 0 aliphatic carbocycles. The second-order valence-electron chi connectivity index (χ2n) is 0.704. The molecular weight excluding hydrogens is 156 g/mol.